The van der Waals surface area contributed by atoms with Crippen molar-refractivity contribution in [2.45, 2.75) is 103 Å². The number of hydrogen-bond acceptors (Lipinski definition) is 6. The van der Waals surface area contributed by atoms with E-state index >= 15 is 0 Å². The first-order valence-corrected chi connectivity index (χ1v) is 12.4. The molecule has 2 heterocycles. The fourth-order valence-corrected chi connectivity index (χ4v) is 4.07. The van der Waals surface area contributed by atoms with Gasteiger partial charge in [-0.05, 0) is 67.2 Å². The highest BCUT2D eigenvalue weighted by Crippen LogP contribution is 2.36. The van der Waals surface area contributed by atoms with Crippen molar-refractivity contribution in [1.82, 2.24) is 9.80 Å². The zero-order valence-corrected chi connectivity index (χ0v) is 23.1. The van der Waals surface area contributed by atoms with Crippen molar-refractivity contribution in [2.24, 2.45) is 11.8 Å². The second kappa shape index (κ2) is 12.7. The van der Waals surface area contributed by atoms with Crippen LogP contribution in [0.25, 0.3) is 0 Å². The lowest BCUT2D eigenvalue weighted by atomic mass is 9.93. The summed E-state index contributed by atoms with van der Waals surface area (Å²) >= 11 is 0. The molecule has 4 atom stereocenters. The van der Waals surface area contributed by atoms with E-state index in [1.54, 1.807) is 0 Å². The normalized spacial score (nSPS) is 24.4. The van der Waals surface area contributed by atoms with E-state index in [-0.39, 0.29) is 12.8 Å². The number of ether oxygens (including phenoxy) is 2. The van der Waals surface area contributed by atoms with E-state index < -0.39 is 97.5 Å². The van der Waals surface area contributed by atoms with Gasteiger partial charge in [0.2, 0.25) is 0 Å². The van der Waals surface area contributed by atoms with Crippen LogP contribution in [0.3, 0.4) is 0 Å². The van der Waals surface area contributed by atoms with Crippen LogP contribution in [0.2, 0.25) is 0 Å². The summed E-state index contributed by atoms with van der Waals surface area (Å²) in [6.07, 6.45) is -12.5. The molecule has 0 spiro atoms. The third-order valence-corrected chi connectivity index (χ3v) is 5.87. The Hall–Kier alpha value is -2.94. The first-order chi connectivity index (χ1) is 17.8. The fraction of sp³-hybridized carbons (Fsp3) is 0.833. The van der Waals surface area contributed by atoms with Gasteiger partial charge in [0, 0.05) is 13.1 Å². The van der Waals surface area contributed by atoms with Crippen LogP contribution in [0.5, 0.6) is 0 Å². The molecule has 232 valence electrons. The van der Waals surface area contributed by atoms with Crippen molar-refractivity contribution >= 4 is 24.1 Å². The lowest BCUT2D eigenvalue weighted by molar-refractivity contribution is -0.193. The van der Waals surface area contributed by atoms with Crippen molar-refractivity contribution < 1.29 is 65.2 Å². The van der Waals surface area contributed by atoms with E-state index in [1.165, 1.54) is 41.5 Å². The van der Waals surface area contributed by atoms with Gasteiger partial charge in [-0.25, -0.2) is 9.59 Å². The summed E-state index contributed by atoms with van der Waals surface area (Å²) in [5.74, 6) is -4.42. The molecule has 2 amide bonds. The van der Waals surface area contributed by atoms with Gasteiger partial charge in [0.25, 0.3) is 0 Å². The maximum absolute atomic E-state index is 12.9. The second-order valence-corrected chi connectivity index (χ2v) is 11.6. The molecule has 0 saturated carbocycles. The Morgan fingerprint density at radius 1 is 0.600 bits per heavy atom. The highest BCUT2D eigenvalue weighted by molar-refractivity contribution is 5.74. The quantitative estimate of drug-likeness (QED) is 0.412. The molecule has 0 aromatic carbocycles. The number of amides is 2. The molecule has 40 heavy (non-hydrogen) atoms. The minimum absolute atomic E-state index is 0.112. The summed E-state index contributed by atoms with van der Waals surface area (Å²) in [5.41, 5.74) is -1.88. The van der Waals surface area contributed by atoms with E-state index in [9.17, 15) is 45.5 Å². The fourth-order valence-electron chi connectivity index (χ4n) is 4.07. The number of likely N-dealkylation sites (tertiary alicyclic amines) is 2. The van der Waals surface area contributed by atoms with E-state index in [0.717, 1.165) is 0 Å². The van der Waals surface area contributed by atoms with Gasteiger partial charge in [-0.2, -0.15) is 26.3 Å². The topological polar surface area (TPSA) is 134 Å². The number of piperidine rings is 2. The van der Waals surface area contributed by atoms with Crippen molar-refractivity contribution in [1.29, 1.82) is 0 Å². The molecule has 10 nitrogen and oxygen atoms in total. The Balaban J connectivity index is 0.000000400. The molecular weight excluding hydrogens is 558 g/mol. The highest BCUT2D eigenvalue weighted by atomic mass is 19.4. The standard InChI is InChI=1S/2C12H18F3NO4/c2*1-11(2,3)20-10(19)16-6-7(9(17)18)4-5-8(16)12(13,14)15/h2*7-8H,4-6H2,1-3H3,(H,17,18)/t2*7-,8-/m10/s1. The molecule has 16 heteroatoms. The molecule has 2 N–H and O–H groups in total. The maximum atomic E-state index is 12.9. The number of aliphatic carboxylic acids is 2. The first kappa shape index (κ1) is 35.1. The molecule has 0 aromatic heterocycles. The van der Waals surface area contributed by atoms with Crippen molar-refractivity contribution in [3.8, 4) is 0 Å². The van der Waals surface area contributed by atoms with Gasteiger partial charge in [-0.3, -0.25) is 19.4 Å². The minimum Gasteiger partial charge on any atom is -0.481 e. The molecule has 0 radical (unpaired) electrons. The smallest absolute Gasteiger partial charge is 0.410 e. The highest BCUT2D eigenvalue weighted by Gasteiger charge is 2.51. The largest absolute Gasteiger partial charge is 0.481 e. The van der Waals surface area contributed by atoms with Crippen LogP contribution < -0.4 is 0 Å². The van der Waals surface area contributed by atoms with Gasteiger partial charge < -0.3 is 19.7 Å². The lowest BCUT2D eigenvalue weighted by Gasteiger charge is -2.39. The number of rotatable bonds is 2. The summed E-state index contributed by atoms with van der Waals surface area (Å²) in [4.78, 5) is 46.5. The van der Waals surface area contributed by atoms with Crippen LogP contribution in [-0.2, 0) is 19.1 Å². The lowest BCUT2D eigenvalue weighted by Crippen LogP contribution is -2.55. The van der Waals surface area contributed by atoms with Crippen LogP contribution in [0.4, 0.5) is 35.9 Å². The van der Waals surface area contributed by atoms with Crippen LogP contribution in [0, 0.1) is 11.8 Å². The number of carbonyl (C=O) groups is 4. The molecule has 0 bridgehead atoms. The maximum Gasteiger partial charge on any atom is 0.410 e. The average molecular weight is 595 g/mol. The Kier molecular flexibility index (Phi) is 11.1. The van der Waals surface area contributed by atoms with Gasteiger partial charge in [0.05, 0.1) is 11.8 Å². The molecule has 2 aliphatic heterocycles. The first-order valence-electron chi connectivity index (χ1n) is 12.4. The number of carbonyl (C=O) groups excluding carboxylic acids is 2. The Morgan fingerprint density at radius 3 is 1.07 bits per heavy atom. The van der Waals surface area contributed by atoms with Crippen molar-refractivity contribution in [3.63, 3.8) is 0 Å². The molecular formula is C24H36F6N2O8. The number of carboxylic acid groups (broad SMARTS) is 2. The van der Waals surface area contributed by atoms with E-state index in [4.69, 9.17) is 19.7 Å². The number of carboxylic acids is 2. The monoisotopic (exact) mass is 594 g/mol. The molecule has 0 aromatic rings. The zero-order chi connectivity index (χ0) is 31.4. The molecule has 2 rings (SSSR count). The van der Waals surface area contributed by atoms with Gasteiger partial charge in [-0.1, -0.05) is 0 Å². The minimum atomic E-state index is -4.60. The molecule has 0 unspecified atom stereocenters. The zero-order valence-electron chi connectivity index (χ0n) is 23.1. The number of halogens is 6. The van der Waals surface area contributed by atoms with Crippen LogP contribution in [-0.4, -0.2) is 92.9 Å². The SMILES string of the molecule is CC(C)(C)OC(=O)N1C[C@@H](C(=O)O)CC[C@H]1C(F)(F)F.CC(C)(C)OC(=O)N1C[C@H](C(=O)O)CC[C@@H]1C(F)(F)F. The molecule has 2 fully saturated rings. The Morgan fingerprint density at radius 2 is 0.875 bits per heavy atom. The Bertz CT molecular complexity index is 852. The van der Waals surface area contributed by atoms with Crippen molar-refractivity contribution in [3.05, 3.63) is 0 Å². The molecule has 2 aliphatic rings. The van der Waals surface area contributed by atoms with Crippen molar-refractivity contribution in [2.75, 3.05) is 13.1 Å². The van der Waals surface area contributed by atoms with E-state index in [1.807, 2.05) is 0 Å². The third kappa shape index (κ3) is 10.9. The predicted octanol–water partition coefficient (Wildman–Crippen LogP) is 5.30. The van der Waals surface area contributed by atoms with Crippen LogP contribution >= 0.6 is 0 Å². The third-order valence-electron chi connectivity index (χ3n) is 5.87. The summed E-state index contributed by atoms with van der Waals surface area (Å²) < 4.78 is 87.3. The van der Waals surface area contributed by atoms with Gasteiger partial charge in [-0.15, -0.1) is 0 Å². The summed E-state index contributed by atoms with van der Waals surface area (Å²) in [5, 5.41) is 17.8. The Labute approximate surface area is 227 Å². The van der Waals surface area contributed by atoms with Crippen LogP contribution in [0.15, 0.2) is 0 Å². The van der Waals surface area contributed by atoms with Gasteiger partial charge in [0.15, 0.2) is 0 Å². The number of hydrogen-bond donors (Lipinski definition) is 2. The number of alkyl halides is 6. The molecule has 0 aliphatic carbocycles. The summed E-state index contributed by atoms with van der Waals surface area (Å²) in [7, 11) is 0. The molecule has 2 saturated heterocycles. The van der Waals surface area contributed by atoms with E-state index in [0.29, 0.717) is 9.80 Å². The predicted molar refractivity (Wildman–Crippen MR) is 126 cm³/mol. The van der Waals surface area contributed by atoms with Gasteiger partial charge >= 0.3 is 36.5 Å². The van der Waals surface area contributed by atoms with Crippen LogP contribution in [0.1, 0.15) is 67.2 Å². The van der Waals surface area contributed by atoms with Gasteiger partial charge in [0.1, 0.15) is 23.3 Å². The summed E-state index contributed by atoms with van der Waals surface area (Å²) in [6, 6.07) is -3.99. The van der Waals surface area contributed by atoms with E-state index in [2.05, 4.69) is 0 Å². The number of nitrogens with zero attached hydrogens (tertiary/aromatic N) is 2. The summed E-state index contributed by atoms with van der Waals surface area (Å²) in [6.45, 7) is 8.22. The second-order valence-electron chi connectivity index (χ2n) is 11.6. The average Bonchev–Trinajstić information content (AvgIpc) is 2.75.